The Morgan fingerprint density at radius 1 is 1.64 bits per heavy atom. The van der Waals surface area contributed by atoms with Crippen LogP contribution in [-0.2, 0) is 4.79 Å². The molecule has 1 atom stereocenters. The van der Waals surface area contributed by atoms with Gasteiger partial charge in [0.2, 0.25) is 0 Å². The second-order valence-corrected chi connectivity index (χ2v) is 3.39. The largest absolute Gasteiger partial charge is 0.307 e. The van der Waals surface area contributed by atoms with Crippen molar-refractivity contribution in [2.24, 2.45) is 0 Å². The number of carbonyl (C=O) groups excluding carboxylic acids is 1. The van der Waals surface area contributed by atoms with Crippen LogP contribution in [0.1, 0.15) is 25.7 Å². The molecule has 1 heterocycles. The number of carbonyl (C=O) groups is 1. The van der Waals surface area contributed by atoms with Crippen molar-refractivity contribution in [3.63, 3.8) is 0 Å². The Morgan fingerprint density at radius 3 is 3.09 bits per heavy atom. The summed E-state index contributed by atoms with van der Waals surface area (Å²) in [6, 6.07) is 0.135. The van der Waals surface area contributed by atoms with Gasteiger partial charge in [-0.2, -0.15) is 12.6 Å². The van der Waals surface area contributed by atoms with Gasteiger partial charge in [-0.1, -0.05) is 0 Å². The third kappa shape index (κ3) is 2.83. The average molecular weight is 173 g/mol. The standard InChI is InChI=1S/C8H15NOS/c10-8-4-1-5-9-7(8)3-2-6-11/h7,9,11H,1-6H2. The molecule has 0 aliphatic carbocycles. The third-order valence-corrected chi connectivity index (χ3v) is 2.35. The summed E-state index contributed by atoms with van der Waals surface area (Å²) in [6.45, 7) is 1.00. The van der Waals surface area contributed by atoms with Gasteiger partial charge in [0.25, 0.3) is 0 Å². The molecule has 0 amide bonds. The van der Waals surface area contributed by atoms with E-state index in [1.54, 1.807) is 0 Å². The van der Waals surface area contributed by atoms with Crippen LogP contribution >= 0.6 is 12.6 Å². The molecule has 1 saturated heterocycles. The quantitative estimate of drug-likeness (QED) is 0.624. The highest BCUT2D eigenvalue weighted by Gasteiger charge is 2.20. The molecular weight excluding hydrogens is 158 g/mol. The van der Waals surface area contributed by atoms with E-state index in [4.69, 9.17) is 0 Å². The monoisotopic (exact) mass is 173 g/mol. The molecule has 0 aromatic heterocycles. The van der Waals surface area contributed by atoms with E-state index >= 15 is 0 Å². The van der Waals surface area contributed by atoms with Crippen molar-refractivity contribution in [2.45, 2.75) is 31.7 Å². The van der Waals surface area contributed by atoms with Gasteiger partial charge in [-0.05, 0) is 31.6 Å². The van der Waals surface area contributed by atoms with Crippen molar-refractivity contribution in [2.75, 3.05) is 12.3 Å². The summed E-state index contributed by atoms with van der Waals surface area (Å²) >= 11 is 4.11. The first-order chi connectivity index (χ1) is 5.34. The van der Waals surface area contributed by atoms with Crippen molar-refractivity contribution in [3.05, 3.63) is 0 Å². The number of ketones is 1. The summed E-state index contributed by atoms with van der Waals surface area (Å²) in [5.74, 6) is 1.27. The van der Waals surface area contributed by atoms with Crippen LogP contribution in [-0.4, -0.2) is 24.1 Å². The predicted molar refractivity (Wildman–Crippen MR) is 49.1 cm³/mol. The van der Waals surface area contributed by atoms with Gasteiger partial charge in [-0.25, -0.2) is 0 Å². The SMILES string of the molecule is O=C1CCCNC1CCCS. The number of nitrogens with one attached hydrogen (secondary N) is 1. The number of hydrogen-bond donors (Lipinski definition) is 2. The molecule has 1 aliphatic heterocycles. The summed E-state index contributed by atoms with van der Waals surface area (Å²) in [5, 5.41) is 3.22. The molecule has 1 rings (SSSR count). The minimum Gasteiger partial charge on any atom is -0.307 e. The van der Waals surface area contributed by atoms with Crippen LogP contribution in [0.3, 0.4) is 0 Å². The molecule has 2 nitrogen and oxygen atoms in total. The van der Waals surface area contributed by atoms with Gasteiger partial charge in [-0.15, -0.1) is 0 Å². The molecule has 3 heteroatoms. The van der Waals surface area contributed by atoms with E-state index in [2.05, 4.69) is 17.9 Å². The van der Waals surface area contributed by atoms with Crippen LogP contribution in [0.5, 0.6) is 0 Å². The molecule has 1 aliphatic rings. The molecule has 1 fully saturated rings. The van der Waals surface area contributed by atoms with Crippen LogP contribution in [0.4, 0.5) is 0 Å². The lowest BCUT2D eigenvalue weighted by atomic mass is 9.99. The average Bonchev–Trinajstić information content (AvgIpc) is 2.03. The van der Waals surface area contributed by atoms with Crippen molar-refractivity contribution in [1.29, 1.82) is 0 Å². The lowest BCUT2D eigenvalue weighted by Gasteiger charge is -2.21. The minimum absolute atomic E-state index is 0.135. The van der Waals surface area contributed by atoms with Gasteiger partial charge in [0.1, 0.15) is 5.78 Å². The van der Waals surface area contributed by atoms with Crippen LogP contribution in [0, 0.1) is 0 Å². The van der Waals surface area contributed by atoms with Crippen LogP contribution in [0.25, 0.3) is 0 Å². The van der Waals surface area contributed by atoms with Crippen LogP contribution < -0.4 is 5.32 Å². The molecule has 0 spiro atoms. The molecule has 0 radical (unpaired) electrons. The smallest absolute Gasteiger partial charge is 0.149 e. The highest BCUT2D eigenvalue weighted by atomic mass is 32.1. The van der Waals surface area contributed by atoms with E-state index in [-0.39, 0.29) is 6.04 Å². The van der Waals surface area contributed by atoms with Gasteiger partial charge in [0.15, 0.2) is 0 Å². The van der Waals surface area contributed by atoms with Gasteiger partial charge < -0.3 is 5.32 Å². The third-order valence-electron chi connectivity index (χ3n) is 2.03. The number of thiol groups is 1. The molecule has 0 bridgehead atoms. The molecule has 0 aromatic carbocycles. The van der Waals surface area contributed by atoms with Gasteiger partial charge >= 0.3 is 0 Å². The van der Waals surface area contributed by atoms with Gasteiger partial charge in [0, 0.05) is 6.42 Å². The zero-order valence-corrected chi connectivity index (χ0v) is 7.57. The van der Waals surface area contributed by atoms with E-state index in [9.17, 15) is 4.79 Å². The van der Waals surface area contributed by atoms with Crippen LogP contribution in [0.2, 0.25) is 0 Å². The zero-order valence-electron chi connectivity index (χ0n) is 6.68. The van der Waals surface area contributed by atoms with E-state index in [1.165, 1.54) is 0 Å². The molecular formula is C8H15NOS. The highest BCUT2D eigenvalue weighted by Crippen LogP contribution is 2.08. The lowest BCUT2D eigenvalue weighted by molar-refractivity contribution is -0.122. The summed E-state index contributed by atoms with van der Waals surface area (Å²) in [5.41, 5.74) is 0. The molecule has 11 heavy (non-hydrogen) atoms. The van der Waals surface area contributed by atoms with Gasteiger partial charge in [-0.3, -0.25) is 4.79 Å². The van der Waals surface area contributed by atoms with E-state index in [1.807, 2.05) is 0 Å². The van der Waals surface area contributed by atoms with Gasteiger partial charge in [0.05, 0.1) is 6.04 Å². The summed E-state index contributed by atoms with van der Waals surface area (Å²) in [6.07, 6.45) is 3.77. The Bertz CT molecular complexity index is 138. The second-order valence-electron chi connectivity index (χ2n) is 2.94. The zero-order chi connectivity index (χ0) is 8.10. The second kappa shape index (κ2) is 4.78. The Hall–Kier alpha value is -0.0200. The number of hydrogen-bond acceptors (Lipinski definition) is 3. The maximum Gasteiger partial charge on any atom is 0.149 e. The molecule has 0 aromatic rings. The first-order valence-corrected chi connectivity index (χ1v) is 4.85. The molecule has 1 unspecified atom stereocenters. The first-order valence-electron chi connectivity index (χ1n) is 4.21. The summed E-state index contributed by atoms with van der Waals surface area (Å²) in [4.78, 5) is 11.2. The normalized spacial score (nSPS) is 25.5. The van der Waals surface area contributed by atoms with Crippen molar-refractivity contribution < 1.29 is 4.79 Å². The molecule has 1 N–H and O–H groups in total. The van der Waals surface area contributed by atoms with E-state index < -0.39 is 0 Å². The number of rotatable bonds is 3. The van der Waals surface area contributed by atoms with E-state index in [0.29, 0.717) is 5.78 Å². The summed E-state index contributed by atoms with van der Waals surface area (Å²) in [7, 11) is 0. The maximum atomic E-state index is 11.2. The fraction of sp³-hybridized carbons (Fsp3) is 0.875. The van der Waals surface area contributed by atoms with Crippen LogP contribution in [0.15, 0.2) is 0 Å². The summed E-state index contributed by atoms with van der Waals surface area (Å²) < 4.78 is 0. The van der Waals surface area contributed by atoms with Crippen molar-refractivity contribution >= 4 is 18.4 Å². The predicted octanol–water partition coefficient (Wildman–Crippen LogP) is 1.02. The van der Waals surface area contributed by atoms with Crippen molar-refractivity contribution in [3.8, 4) is 0 Å². The topological polar surface area (TPSA) is 29.1 Å². The number of Topliss-reactive ketones (excluding diaryl/α,β-unsaturated/α-hetero) is 1. The highest BCUT2D eigenvalue weighted by molar-refractivity contribution is 7.80. The fourth-order valence-corrected chi connectivity index (χ4v) is 1.57. The Morgan fingerprint density at radius 2 is 2.45 bits per heavy atom. The first kappa shape index (κ1) is 9.07. The fourth-order valence-electron chi connectivity index (χ4n) is 1.39. The number of piperidine rings is 1. The van der Waals surface area contributed by atoms with Crippen molar-refractivity contribution in [1.82, 2.24) is 5.32 Å². The Kier molecular flexibility index (Phi) is 3.94. The maximum absolute atomic E-state index is 11.2. The van der Waals surface area contributed by atoms with E-state index in [0.717, 1.165) is 38.0 Å². The lowest BCUT2D eigenvalue weighted by Crippen LogP contribution is -2.41. The molecule has 0 saturated carbocycles. The Labute approximate surface area is 73.2 Å². The minimum atomic E-state index is 0.135. The molecule has 64 valence electrons. The Balaban J connectivity index is 2.24.